The molecule has 5 nitrogen and oxygen atoms in total. The number of guanidine groups is 1. The molecule has 2 aromatic rings. The van der Waals surface area contributed by atoms with Crippen LogP contribution in [0.3, 0.4) is 0 Å². The smallest absolute Gasteiger partial charge is 0.221 e. The van der Waals surface area contributed by atoms with Crippen molar-refractivity contribution in [2.75, 3.05) is 10.6 Å². The lowest BCUT2D eigenvalue weighted by atomic mass is 10.1. The molecule has 0 aliphatic heterocycles. The summed E-state index contributed by atoms with van der Waals surface area (Å²) in [5.41, 5.74) is 10.9. The van der Waals surface area contributed by atoms with Gasteiger partial charge in [-0.05, 0) is 54.8 Å². The van der Waals surface area contributed by atoms with Gasteiger partial charge < -0.3 is 16.4 Å². The molecule has 0 aliphatic rings. The number of aliphatic imine (C=N–C) groups is 1. The number of rotatable bonds is 4. The summed E-state index contributed by atoms with van der Waals surface area (Å²) >= 11 is 0. The number of nitrogens with two attached hydrogens (primary N) is 1. The van der Waals surface area contributed by atoms with Crippen LogP contribution in [-0.2, 0) is 11.3 Å². The number of amides is 1. The van der Waals surface area contributed by atoms with E-state index in [9.17, 15) is 4.79 Å². The average Bonchev–Trinajstić information content (AvgIpc) is 2.43. The van der Waals surface area contributed by atoms with E-state index < -0.39 is 0 Å². The minimum atomic E-state index is -0.0957. The average molecular weight is 438 g/mol. The predicted octanol–water partition coefficient (Wildman–Crippen LogP) is 3.81. The molecule has 6 heteroatoms. The van der Waals surface area contributed by atoms with Gasteiger partial charge in [0, 0.05) is 18.3 Å². The van der Waals surface area contributed by atoms with E-state index in [-0.39, 0.29) is 29.9 Å². The first-order valence-corrected chi connectivity index (χ1v) is 7.44. The van der Waals surface area contributed by atoms with E-state index >= 15 is 0 Å². The van der Waals surface area contributed by atoms with Gasteiger partial charge in [0.1, 0.15) is 0 Å². The van der Waals surface area contributed by atoms with Crippen LogP contribution in [-0.4, -0.2) is 11.9 Å². The van der Waals surface area contributed by atoms with Gasteiger partial charge in [0.15, 0.2) is 5.96 Å². The summed E-state index contributed by atoms with van der Waals surface area (Å²) < 4.78 is 0. The Bertz CT molecular complexity index is 723. The van der Waals surface area contributed by atoms with Crippen molar-refractivity contribution < 1.29 is 4.79 Å². The lowest BCUT2D eigenvalue weighted by Gasteiger charge is -2.08. The lowest BCUT2D eigenvalue weighted by Crippen LogP contribution is -2.22. The summed E-state index contributed by atoms with van der Waals surface area (Å²) in [4.78, 5) is 15.4. The van der Waals surface area contributed by atoms with Gasteiger partial charge in [-0.1, -0.05) is 18.2 Å². The number of carbonyl (C=O) groups excluding carboxylic acids is 1. The van der Waals surface area contributed by atoms with Crippen molar-refractivity contribution in [2.24, 2.45) is 10.7 Å². The SMILES string of the molecule is CC(=O)Nc1cccc(CN=C(N)Nc2cc(C)cc(C)c2)c1.I. The second kappa shape index (κ2) is 9.27. The number of nitrogens with one attached hydrogen (secondary N) is 2. The van der Waals surface area contributed by atoms with Crippen LogP contribution >= 0.6 is 24.0 Å². The number of benzene rings is 2. The summed E-state index contributed by atoms with van der Waals surface area (Å²) in [6, 6.07) is 13.7. The molecule has 2 aromatic carbocycles. The Balaban J connectivity index is 0.00000288. The zero-order valence-corrected chi connectivity index (χ0v) is 16.4. The number of carbonyl (C=O) groups is 1. The van der Waals surface area contributed by atoms with Gasteiger partial charge in [0.2, 0.25) is 5.91 Å². The molecule has 0 saturated carbocycles. The van der Waals surface area contributed by atoms with Crippen LogP contribution < -0.4 is 16.4 Å². The molecule has 2 rings (SSSR count). The summed E-state index contributed by atoms with van der Waals surface area (Å²) in [5, 5.41) is 5.85. The van der Waals surface area contributed by atoms with Gasteiger partial charge in [-0.15, -0.1) is 24.0 Å². The van der Waals surface area contributed by atoms with Crippen LogP contribution in [0, 0.1) is 13.8 Å². The zero-order chi connectivity index (χ0) is 16.8. The summed E-state index contributed by atoms with van der Waals surface area (Å²) in [6.07, 6.45) is 0. The highest BCUT2D eigenvalue weighted by atomic mass is 127. The molecular formula is C18H23IN4O. The highest BCUT2D eigenvalue weighted by molar-refractivity contribution is 14.0. The normalized spacial score (nSPS) is 10.7. The maximum absolute atomic E-state index is 11.1. The molecule has 0 bridgehead atoms. The first kappa shape index (κ1) is 20.0. The van der Waals surface area contributed by atoms with Crippen molar-refractivity contribution in [2.45, 2.75) is 27.3 Å². The number of halogens is 1. The third-order valence-corrected chi connectivity index (χ3v) is 3.17. The molecule has 24 heavy (non-hydrogen) atoms. The van der Waals surface area contributed by atoms with Gasteiger partial charge in [-0.3, -0.25) is 4.79 Å². The minimum absolute atomic E-state index is 0. The molecule has 0 saturated heterocycles. The Morgan fingerprint density at radius 3 is 2.33 bits per heavy atom. The van der Waals surface area contributed by atoms with Gasteiger partial charge >= 0.3 is 0 Å². The number of aryl methyl sites for hydroxylation is 2. The molecule has 4 N–H and O–H groups in total. The summed E-state index contributed by atoms with van der Waals surface area (Å²) in [7, 11) is 0. The standard InChI is InChI=1S/C18H22N4O.HI/c1-12-7-13(2)9-17(8-12)22-18(19)20-11-15-5-4-6-16(10-15)21-14(3)23;/h4-10H,11H2,1-3H3,(H,21,23)(H3,19,20,22);1H. The van der Waals surface area contributed by atoms with Crippen LogP contribution in [0.4, 0.5) is 11.4 Å². The molecule has 128 valence electrons. The van der Waals surface area contributed by atoms with E-state index in [0.29, 0.717) is 12.5 Å². The molecule has 0 aliphatic carbocycles. The first-order chi connectivity index (χ1) is 10.9. The monoisotopic (exact) mass is 438 g/mol. The fraction of sp³-hybridized carbons (Fsp3) is 0.222. The van der Waals surface area contributed by atoms with E-state index in [4.69, 9.17) is 5.73 Å². The van der Waals surface area contributed by atoms with E-state index in [2.05, 4.69) is 21.7 Å². The number of anilines is 2. The minimum Gasteiger partial charge on any atom is -0.370 e. The third-order valence-electron chi connectivity index (χ3n) is 3.17. The second-order valence-corrected chi connectivity index (χ2v) is 5.58. The van der Waals surface area contributed by atoms with Crippen molar-refractivity contribution in [3.63, 3.8) is 0 Å². The first-order valence-electron chi connectivity index (χ1n) is 7.44. The maximum atomic E-state index is 11.1. The van der Waals surface area contributed by atoms with E-state index in [1.54, 1.807) is 0 Å². The maximum Gasteiger partial charge on any atom is 0.221 e. The topological polar surface area (TPSA) is 79.5 Å². The molecule has 0 heterocycles. The van der Waals surface area contributed by atoms with Crippen molar-refractivity contribution in [1.29, 1.82) is 0 Å². The van der Waals surface area contributed by atoms with Crippen LogP contribution in [0.1, 0.15) is 23.6 Å². The van der Waals surface area contributed by atoms with Crippen LogP contribution in [0.15, 0.2) is 47.5 Å². The molecule has 1 amide bonds. The number of nitrogens with zero attached hydrogens (tertiary/aromatic N) is 1. The predicted molar refractivity (Wildman–Crippen MR) is 111 cm³/mol. The Kier molecular flexibility index (Phi) is 7.70. The molecule has 0 fully saturated rings. The van der Waals surface area contributed by atoms with Gasteiger partial charge in [0.05, 0.1) is 6.54 Å². The molecule has 0 aromatic heterocycles. The quantitative estimate of drug-likeness (QED) is 0.386. The highest BCUT2D eigenvalue weighted by Gasteiger charge is 2.00. The van der Waals surface area contributed by atoms with Crippen LogP contribution in [0.5, 0.6) is 0 Å². The Morgan fingerprint density at radius 2 is 1.71 bits per heavy atom. The highest BCUT2D eigenvalue weighted by Crippen LogP contribution is 2.14. The van der Waals surface area contributed by atoms with Gasteiger partial charge in [-0.2, -0.15) is 0 Å². The van der Waals surface area contributed by atoms with E-state index in [1.807, 2.05) is 50.2 Å². The third kappa shape index (κ3) is 6.57. The van der Waals surface area contributed by atoms with Crippen LogP contribution in [0.2, 0.25) is 0 Å². The Hall–Kier alpha value is -2.09. The van der Waals surface area contributed by atoms with Crippen LogP contribution in [0.25, 0.3) is 0 Å². The molecule has 0 spiro atoms. The van der Waals surface area contributed by atoms with Crippen molar-refractivity contribution in [3.8, 4) is 0 Å². The number of hydrogen-bond acceptors (Lipinski definition) is 2. The fourth-order valence-corrected chi connectivity index (χ4v) is 2.36. The lowest BCUT2D eigenvalue weighted by molar-refractivity contribution is -0.114. The summed E-state index contributed by atoms with van der Waals surface area (Å²) in [6.45, 7) is 6.01. The van der Waals surface area contributed by atoms with Gasteiger partial charge in [-0.25, -0.2) is 4.99 Å². The fourth-order valence-electron chi connectivity index (χ4n) is 2.36. The second-order valence-electron chi connectivity index (χ2n) is 5.58. The Morgan fingerprint density at radius 1 is 1.04 bits per heavy atom. The molecule has 0 atom stereocenters. The van der Waals surface area contributed by atoms with Crippen molar-refractivity contribution in [3.05, 3.63) is 59.2 Å². The molecule has 0 radical (unpaired) electrons. The summed E-state index contributed by atoms with van der Waals surface area (Å²) in [5.74, 6) is 0.265. The largest absolute Gasteiger partial charge is 0.370 e. The molecule has 0 unspecified atom stereocenters. The van der Waals surface area contributed by atoms with E-state index in [1.165, 1.54) is 18.1 Å². The Labute approximate surface area is 159 Å². The van der Waals surface area contributed by atoms with E-state index in [0.717, 1.165) is 16.9 Å². The molecular weight excluding hydrogens is 415 g/mol. The van der Waals surface area contributed by atoms with Gasteiger partial charge in [0.25, 0.3) is 0 Å². The van der Waals surface area contributed by atoms with Crippen molar-refractivity contribution >= 4 is 47.2 Å². The van der Waals surface area contributed by atoms with Crippen molar-refractivity contribution in [1.82, 2.24) is 0 Å². The number of hydrogen-bond donors (Lipinski definition) is 3. The zero-order valence-electron chi connectivity index (χ0n) is 14.1.